The molecule has 0 N–H and O–H groups in total. The van der Waals surface area contributed by atoms with Crippen LogP contribution in [-0.2, 0) is 7.05 Å². The van der Waals surface area contributed by atoms with Crippen LogP contribution in [0.15, 0.2) is 53.1 Å². The average molecular weight is 471 g/mol. The van der Waals surface area contributed by atoms with Gasteiger partial charge in [0.25, 0.3) is 0 Å². The molecule has 1 heterocycles. The number of hydrogen-bond acceptors (Lipinski definition) is 2. The van der Waals surface area contributed by atoms with Crippen LogP contribution in [0.25, 0.3) is 16.1 Å². The summed E-state index contributed by atoms with van der Waals surface area (Å²) in [5, 5.41) is 0.444. The lowest BCUT2D eigenvalue weighted by atomic mass is 9.86. The van der Waals surface area contributed by atoms with Gasteiger partial charge in [0.15, 0.2) is 0 Å². The van der Waals surface area contributed by atoms with Gasteiger partial charge in [0.2, 0.25) is 5.69 Å². The number of rotatable bonds is 4. The standard InChI is InChI=1S/C23H21BrClN3O/c1-26-21-12-11-19(13-20(21)25)29-18-9-5-16(6-10-18)23-27-14-22(28(23)2)15-3-7-17(24)8-4-15/h3-4,7-8,11-14,16,18H,5-6,9-10H2,2H3. The van der Waals surface area contributed by atoms with Crippen LogP contribution in [0.5, 0.6) is 5.75 Å². The summed E-state index contributed by atoms with van der Waals surface area (Å²) in [5.74, 6) is 2.32. The van der Waals surface area contributed by atoms with Crippen molar-refractivity contribution in [3.8, 4) is 17.0 Å². The minimum Gasteiger partial charge on any atom is -0.490 e. The molecule has 0 bridgehead atoms. The van der Waals surface area contributed by atoms with Crippen molar-refractivity contribution in [1.29, 1.82) is 0 Å². The van der Waals surface area contributed by atoms with E-state index >= 15 is 0 Å². The fourth-order valence-corrected chi connectivity index (χ4v) is 4.45. The van der Waals surface area contributed by atoms with E-state index in [0.717, 1.165) is 47.4 Å². The molecule has 3 aromatic rings. The van der Waals surface area contributed by atoms with Crippen molar-refractivity contribution in [2.75, 3.05) is 0 Å². The van der Waals surface area contributed by atoms with Crippen LogP contribution in [0.3, 0.4) is 0 Å². The van der Waals surface area contributed by atoms with Crippen molar-refractivity contribution < 1.29 is 4.74 Å². The molecule has 4 nitrogen and oxygen atoms in total. The SMILES string of the molecule is [C-]#[N+]c1ccc(OC2CCC(c3ncc(-c4ccc(Br)cc4)n3C)CC2)cc1Cl. The Hall–Kier alpha value is -2.29. The van der Waals surface area contributed by atoms with Crippen LogP contribution in [0.4, 0.5) is 5.69 Å². The van der Waals surface area contributed by atoms with Crippen molar-refractivity contribution >= 4 is 33.2 Å². The van der Waals surface area contributed by atoms with E-state index in [1.54, 1.807) is 12.1 Å². The van der Waals surface area contributed by atoms with E-state index in [1.165, 1.54) is 5.56 Å². The lowest BCUT2D eigenvalue weighted by molar-refractivity contribution is 0.144. The Bertz CT molecular complexity index is 1050. The molecule has 29 heavy (non-hydrogen) atoms. The smallest absolute Gasteiger partial charge is 0.205 e. The van der Waals surface area contributed by atoms with Gasteiger partial charge in [-0.3, -0.25) is 0 Å². The number of benzene rings is 2. The summed E-state index contributed by atoms with van der Waals surface area (Å²) >= 11 is 9.61. The first-order chi connectivity index (χ1) is 14.0. The molecule has 0 unspecified atom stereocenters. The summed E-state index contributed by atoms with van der Waals surface area (Å²) in [6, 6.07) is 13.6. The molecular weight excluding hydrogens is 450 g/mol. The molecule has 0 aliphatic heterocycles. The summed E-state index contributed by atoms with van der Waals surface area (Å²) in [5.41, 5.74) is 2.77. The molecule has 1 aliphatic carbocycles. The maximum absolute atomic E-state index is 7.08. The van der Waals surface area contributed by atoms with Gasteiger partial charge < -0.3 is 9.30 Å². The van der Waals surface area contributed by atoms with Crippen LogP contribution in [0, 0.1) is 6.57 Å². The number of imidazole rings is 1. The minimum atomic E-state index is 0.173. The highest BCUT2D eigenvalue weighted by molar-refractivity contribution is 9.10. The minimum absolute atomic E-state index is 0.173. The van der Waals surface area contributed by atoms with E-state index in [-0.39, 0.29) is 6.10 Å². The Kier molecular flexibility index (Phi) is 5.94. The van der Waals surface area contributed by atoms with Gasteiger partial charge in [-0.05, 0) is 55.5 Å². The van der Waals surface area contributed by atoms with Gasteiger partial charge in [0, 0.05) is 17.4 Å². The normalized spacial score (nSPS) is 19.0. The Balaban J connectivity index is 1.40. The first-order valence-electron chi connectivity index (χ1n) is 9.66. The quantitative estimate of drug-likeness (QED) is 0.379. The average Bonchev–Trinajstić information content (AvgIpc) is 3.11. The second kappa shape index (κ2) is 8.61. The fraction of sp³-hybridized carbons (Fsp3) is 0.304. The van der Waals surface area contributed by atoms with Crippen molar-refractivity contribution in [2.45, 2.75) is 37.7 Å². The van der Waals surface area contributed by atoms with Crippen molar-refractivity contribution in [3.63, 3.8) is 0 Å². The van der Waals surface area contributed by atoms with Crippen LogP contribution in [-0.4, -0.2) is 15.7 Å². The van der Waals surface area contributed by atoms with E-state index in [9.17, 15) is 0 Å². The van der Waals surface area contributed by atoms with E-state index < -0.39 is 0 Å². The molecule has 1 aliphatic rings. The third-order valence-electron chi connectivity index (χ3n) is 5.55. The first-order valence-corrected chi connectivity index (χ1v) is 10.8. The number of nitrogens with zero attached hydrogens (tertiary/aromatic N) is 3. The summed E-state index contributed by atoms with van der Waals surface area (Å²) in [6.45, 7) is 7.08. The van der Waals surface area contributed by atoms with E-state index in [1.807, 2.05) is 12.3 Å². The predicted molar refractivity (Wildman–Crippen MR) is 120 cm³/mol. The summed E-state index contributed by atoms with van der Waals surface area (Å²) in [6.07, 6.45) is 6.20. The van der Waals surface area contributed by atoms with Gasteiger partial charge in [-0.15, -0.1) is 0 Å². The summed E-state index contributed by atoms with van der Waals surface area (Å²) in [4.78, 5) is 8.13. The lowest BCUT2D eigenvalue weighted by Crippen LogP contribution is -2.24. The zero-order chi connectivity index (χ0) is 20.4. The van der Waals surface area contributed by atoms with Gasteiger partial charge in [-0.2, -0.15) is 0 Å². The van der Waals surface area contributed by atoms with Gasteiger partial charge in [-0.25, -0.2) is 9.83 Å². The Morgan fingerprint density at radius 3 is 2.52 bits per heavy atom. The van der Waals surface area contributed by atoms with E-state index in [4.69, 9.17) is 27.9 Å². The van der Waals surface area contributed by atoms with Crippen molar-refractivity contribution in [2.24, 2.45) is 7.05 Å². The Labute approximate surface area is 184 Å². The third kappa shape index (κ3) is 4.34. The second-order valence-electron chi connectivity index (χ2n) is 7.38. The molecule has 0 amide bonds. The molecular formula is C23H21BrClN3O. The number of halogens is 2. The predicted octanol–water partition coefficient (Wildman–Crippen LogP) is 7.16. The molecule has 0 atom stereocenters. The molecule has 0 radical (unpaired) electrons. The van der Waals surface area contributed by atoms with Crippen molar-refractivity contribution in [3.05, 3.63) is 75.4 Å². The summed E-state index contributed by atoms with van der Waals surface area (Å²) in [7, 11) is 2.10. The maximum atomic E-state index is 7.08. The lowest BCUT2D eigenvalue weighted by Gasteiger charge is -2.29. The largest absolute Gasteiger partial charge is 0.490 e. The van der Waals surface area contributed by atoms with E-state index in [2.05, 4.69) is 56.7 Å². The Morgan fingerprint density at radius 2 is 1.86 bits per heavy atom. The number of ether oxygens (including phenoxy) is 1. The molecule has 6 heteroatoms. The monoisotopic (exact) mass is 469 g/mol. The Morgan fingerprint density at radius 1 is 1.14 bits per heavy atom. The van der Waals surface area contributed by atoms with Crippen LogP contribution in [0.2, 0.25) is 5.02 Å². The topological polar surface area (TPSA) is 31.4 Å². The zero-order valence-corrected chi connectivity index (χ0v) is 18.4. The third-order valence-corrected chi connectivity index (χ3v) is 6.38. The molecule has 2 aromatic carbocycles. The molecule has 148 valence electrons. The summed E-state index contributed by atoms with van der Waals surface area (Å²) < 4.78 is 9.41. The van der Waals surface area contributed by atoms with E-state index in [0.29, 0.717) is 16.6 Å². The zero-order valence-electron chi connectivity index (χ0n) is 16.1. The molecule has 1 saturated carbocycles. The highest BCUT2D eigenvalue weighted by Gasteiger charge is 2.27. The van der Waals surface area contributed by atoms with Crippen LogP contribution < -0.4 is 4.74 Å². The first kappa shape index (κ1) is 20.0. The molecule has 1 fully saturated rings. The highest BCUT2D eigenvalue weighted by atomic mass is 79.9. The molecule has 4 rings (SSSR count). The van der Waals surface area contributed by atoms with Gasteiger partial charge >= 0.3 is 0 Å². The molecule has 0 saturated heterocycles. The van der Waals surface area contributed by atoms with Crippen LogP contribution >= 0.6 is 27.5 Å². The highest BCUT2D eigenvalue weighted by Crippen LogP contribution is 2.36. The van der Waals surface area contributed by atoms with Crippen LogP contribution in [0.1, 0.15) is 37.4 Å². The fourth-order valence-electron chi connectivity index (χ4n) is 3.97. The maximum Gasteiger partial charge on any atom is 0.205 e. The molecule has 1 aromatic heterocycles. The number of hydrogen-bond donors (Lipinski definition) is 0. The molecule has 0 spiro atoms. The van der Waals surface area contributed by atoms with Gasteiger partial charge in [0.1, 0.15) is 11.6 Å². The second-order valence-corrected chi connectivity index (χ2v) is 8.71. The van der Waals surface area contributed by atoms with Gasteiger partial charge in [-0.1, -0.05) is 45.7 Å². The number of aromatic nitrogens is 2. The van der Waals surface area contributed by atoms with Gasteiger partial charge in [0.05, 0.1) is 29.6 Å². The van der Waals surface area contributed by atoms with Crippen molar-refractivity contribution in [1.82, 2.24) is 9.55 Å².